The van der Waals surface area contributed by atoms with Crippen molar-refractivity contribution in [2.45, 2.75) is 12.8 Å². The molecule has 0 aliphatic rings. The number of rotatable bonds is 1. The molecule has 0 atom stereocenters. The Morgan fingerprint density at radius 1 is 1.19 bits per heavy atom. The van der Waals surface area contributed by atoms with Crippen LogP contribution in [0.3, 0.4) is 0 Å². The van der Waals surface area contributed by atoms with Crippen molar-refractivity contribution in [2.75, 3.05) is 0 Å². The molecule has 5 heteroatoms. The van der Waals surface area contributed by atoms with Crippen LogP contribution in [-0.2, 0) is 12.8 Å². The van der Waals surface area contributed by atoms with E-state index in [1.807, 2.05) is 0 Å². The van der Waals surface area contributed by atoms with Gasteiger partial charge in [0.1, 0.15) is 0 Å². The van der Waals surface area contributed by atoms with E-state index in [0.29, 0.717) is 10.9 Å². The highest BCUT2D eigenvalue weighted by Crippen LogP contribution is 2.34. The van der Waals surface area contributed by atoms with Crippen LogP contribution >= 0.6 is 0 Å². The monoisotopic (exact) mass is 227 g/mol. The van der Waals surface area contributed by atoms with Crippen LogP contribution in [0.25, 0.3) is 10.8 Å². The number of halogens is 3. The van der Waals surface area contributed by atoms with Crippen molar-refractivity contribution in [1.82, 2.24) is 4.98 Å². The minimum Gasteiger partial charge on any atom is -0.392 e. The van der Waals surface area contributed by atoms with Gasteiger partial charge in [-0.05, 0) is 17.0 Å². The first-order chi connectivity index (χ1) is 7.52. The predicted molar refractivity (Wildman–Crippen MR) is 52.7 cm³/mol. The van der Waals surface area contributed by atoms with Crippen molar-refractivity contribution in [3.05, 3.63) is 41.7 Å². The standard InChI is InChI=1S/C11H8F3NO/c12-11(13,14)10-5-15-4-8-3-7(6-16)1-2-9(8)10/h1-5,16H,6H2. The summed E-state index contributed by atoms with van der Waals surface area (Å²) in [7, 11) is 0. The smallest absolute Gasteiger partial charge is 0.392 e. The molecule has 0 fully saturated rings. The lowest BCUT2D eigenvalue weighted by atomic mass is 10.1. The number of benzene rings is 1. The lowest BCUT2D eigenvalue weighted by molar-refractivity contribution is -0.136. The van der Waals surface area contributed by atoms with E-state index >= 15 is 0 Å². The van der Waals surface area contributed by atoms with Gasteiger partial charge >= 0.3 is 6.18 Å². The van der Waals surface area contributed by atoms with E-state index < -0.39 is 11.7 Å². The summed E-state index contributed by atoms with van der Waals surface area (Å²) in [4.78, 5) is 3.55. The zero-order chi connectivity index (χ0) is 11.8. The molecule has 0 aliphatic heterocycles. The van der Waals surface area contributed by atoms with Gasteiger partial charge in [0, 0.05) is 17.8 Å². The summed E-state index contributed by atoms with van der Waals surface area (Å²) in [5, 5.41) is 9.36. The first-order valence-corrected chi connectivity index (χ1v) is 4.57. The Labute approximate surface area is 89.4 Å². The van der Waals surface area contributed by atoms with E-state index in [4.69, 9.17) is 5.11 Å². The molecule has 0 saturated carbocycles. The summed E-state index contributed by atoms with van der Waals surface area (Å²) >= 11 is 0. The Kier molecular flexibility index (Phi) is 2.55. The number of aliphatic hydroxyl groups is 1. The molecule has 0 unspecified atom stereocenters. The van der Waals surface area contributed by atoms with Crippen LogP contribution in [0.1, 0.15) is 11.1 Å². The van der Waals surface area contributed by atoms with Crippen molar-refractivity contribution in [1.29, 1.82) is 0 Å². The van der Waals surface area contributed by atoms with Crippen molar-refractivity contribution >= 4 is 10.8 Å². The minimum absolute atomic E-state index is 0.0969. The third-order valence-electron chi connectivity index (χ3n) is 2.31. The zero-order valence-electron chi connectivity index (χ0n) is 8.12. The minimum atomic E-state index is -4.41. The Morgan fingerprint density at radius 3 is 2.56 bits per heavy atom. The Bertz CT molecular complexity index is 522. The quantitative estimate of drug-likeness (QED) is 0.812. The number of nitrogens with zero attached hydrogens (tertiary/aromatic N) is 1. The average molecular weight is 227 g/mol. The summed E-state index contributed by atoms with van der Waals surface area (Å²) < 4.78 is 37.8. The Balaban J connectivity index is 2.70. The van der Waals surface area contributed by atoms with E-state index in [2.05, 4.69) is 4.98 Å². The van der Waals surface area contributed by atoms with E-state index in [0.717, 1.165) is 6.20 Å². The van der Waals surface area contributed by atoms with Crippen LogP contribution in [-0.4, -0.2) is 10.1 Å². The number of aliphatic hydroxyl groups excluding tert-OH is 1. The molecule has 1 heterocycles. The van der Waals surface area contributed by atoms with Crippen LogP contribution in [0.4, 0.5) is 13.2 Å². The molecule has 2 aromatic rings. The van der Waals surface area contributed by atoms with Gasteiger partial charge < -0.3 is 5.11 Å². The first-order valence-electron chi connectivity index (χ1n) is 4.57. The van der Waals surface area contributed by atoms with Crippen LogP contribution in [0.2, 0.25) is 0 Å². The molecule has 1 aromatic carbocycles. The summed E-state index contributed by atoms with van der Waals surface area (Å²) in [6.45, 7) is -0.202. The second-order valence-corrected chi connectivity index (χ2v) is 3.40. The van der Waals surface area contributed by atoms with Crippen molar-refractivity contribution in [3.63, 3.8) is 0 Å². The van der Waals surface area contributed by atoms with E-state index in [9.17, 15) is 13.2 Å². The van der Waals surface area contributed by atoms with Crippen molar-refractivity contribution in [3.8, 4) is 0 Å². The van der Waals surface area contributed by atoms with Crippen LogP contribution in [0, 0.1) is 0 Å². The van der Waals surface area contributed by atoms with E-state index in [1.54, 1.807) is 0 Å². The van der Waals surface area contributed by atoms with Gasteiger partial charge in [-0.3, -0.25) is 4.98 Å². The topological polar surface area (TPSA) is 33.1 Å². The number of pyridine rings is 1. The average Bonchev–Trinajstić information content (AvgIpc) is 2.26. The summed E-state index contributed by atoms with van der Waals surface area (Å²) in [6.07, 6.45) is -2.25. The SMILES string of the molecule is OCc1ccc2c(C(F)(F)F)cncc2c1. The summed E-state index contributed by atoms with van der Waals surface area (Å²) in [5.74, 6) is 0. The Hall–Kier alpha value is -1.62. The van der Waals surface area contributed by atoms with Gasteiger partial charge in [-0.15, -0.1) is 0 Å². The van der Waals surface area contributed by atoms with Crippen molar-refractivity contribution in [2.24, 2.45) is 0 Å². The van der Waals surface area contributed by atoms with Crippen molar-refractivity contribution < 1.29 is 18.3 Å². The molecule has 2 rings (SSSR count). The summed E-state index contributed by atoms with van der Waals surface area (Å²) in [6, 6.07) is 4.32. The second-order valence-electron chi connectivity index (χ2n) is 3.40. The molecule has 0 saturated heterocycles. The molecule has 0 spiro atoms. The van der Waals surface area contributed by atoms with Gasteiger partial charge in [-0.1, -0.05) is 12.1 Å². The first kappa shape index (κ1) is 10.9. The number of fused-ring (bicyclic) bond motifs is 1. The molecule has 0 bridgehead atoms. The lowest BCUT2D eigenvalue weighted by Crippen LogP contribution is -2.06. The number of hydrogen-bond acceptors (Lipinski definition) is 2. The van der Waals surface area contributed by atoms with Gasteiger partial charge in [0.25, 0.3) is 0 Å². The Morgan fingerprint density at radius 2 is 1.94 bits per heavy atom. The molecular formula is C11H8F3NO. The van der Waals surface area contributed by atoms with Gasteiger partial charge in [0.2, 0.25) is 0 Å². The zero-order valence-corrected chi connectivity index (χ0v) is 8.12. The fourth-order valence-corrected chi connectivity index (χ4v) is 1.55. The van der Waals surface area contributed by atoms with Crippen LogP contribution < -0.4 is 0 Å². The van der Waals surface area contributed by atoms with E-state index in [1.165, 1.54) is 24.4 Å². The maximum absolute atomic E-state index is 12.6. The molecule has 0 amide bonds. The van der Waals surface area contributed by atoms with Gasteiger partial charge in [0.05, 0.1) is 12.2 Å². The number of alkyl halides is 3. The molecule has 0 radical (unpaired) electrons. The fraction of sp³-hybridized carbons (Fsp3) is 0.182. The maximum atomic E-state index is 12.6. The maximum Gasteiger partial charge on any atom is 0.418 e. The van der Waals surface area contributed by atoms with Gasteiger partial charge in [-0.2, -0.15) is 13.2 Å². The molecule has 0 aliphatic carbocycles. The third kappa shape index (κ3) is 1.86. The highest BCUT2D eigenvalue weighted by molar-refractivity contribution is 5.85. The number of aromatic nitrogens is 1. The summed E-state index contributed by atoms with van der Waals surface area (Å²) in [5.41, 5.74) is -0.192. The molecule has 16 heavy (non-hydrogen) atoms. The molecule has 84 valence electrons. The highest BCUT2D eigenvalue weighted by Gasteiger charge is 2.32. The van der Waals surface area contributed by atoms with Crippen LogP contribution in [0.15, 0.2) is 30.6 Å². The lowest BCUT2D eigenvalue weighted by Gasteiger charge is -2.09. The highest BCUT2D eigenvalue weighted by atomic mass is 19.4. The molecule has 1 aromatic heterocycles. The fourth-order valence-electron chi connectivity index (χ4n) is 1.55. The third-order valence-corrected chi connectivity index (χ3v) is 2.31. The largest absolute Gasteiger partial charge is 0.418 e. The molecule has 2 nitrogen and oxygen atoms in total. The molecular weight excluding hydrogens is 219 g/mol. The predicted octanol–water partition coefficient (Wildman–Crippen LogP) is 2.75. The normalized spacial score (nSPS) is 12.0. The van der Waals surface area contributed by atoms with E-state index in [-0.39, 0.29) is 12.0 Å². The van der Waals surface area contributed by atoms with Gasteiger partial charge in [-0.25, -0.2) is 0 Å². The molecule has 1 N–H and O–H groups in total. The number of hydrogen-bond donors (Lipinski definition) is 1. The second kappa shape index (κ2) is 3.75. The van der Waals surface area contributed by atoms with Gasteiger partial charge in [0.15, 0.2) is 0 Å². The van der Waals surface area contributed by atoms with Crippen LogP contribution in [0.5, 0.6) is 0 Å².